The van der Waals surface area contributed by atoms with E-state index in [2.05, 4.69) is 27.8 Å². The zero-order chi connectivity index (χ0) is 16.1. The molecule has 1 amide bonds. The topological polar surface area (TPSA) is 49.6 Å². The standard InChI is InChI=1S/C17H26BrN3O.ClH/c1-13(19)14-7-5-9-21(11-14)12-17(22)20(2)10-15-6-3-4-8-16(15)18;/h3-4,6,8,13-14H,5,7,9-12,19H2,1-2H3;1H. The Kier molecular flexibility index (Phi) is 8.54. The van der Waals surface area contributed by atoms with Crippen molar-refractivity contribution in [2.75, 3.05) is 26.7 Å². The van der Waals surface area contributed by atoms with Gasteiger partial charge in [0.1, 0.15) is 0 Å². The van der Waals surface area contributed by atoms with Gasteiger partial charge in [-0.25, -0.2) is 0 Å². The van der Waals surface area contributed by atoms with Gasteiger partial charge in [-0.15, -0.1) is 12.4 Å². The normalized spacial score (nSPS) is 19.7. The molecule has 1 aromatic carbocycles. The quantitative estimate of drug-likeness (QED) is 0.821. The van der Waals surface area contributed by atoms with Crippen LogP contribution >= 0.6 is 28.3 Å². The predicted octanol–water partition coefficient (Wildman–Crippen LogP) is 2.89. The van der Waals surface area contributed by atoms with E-state index in [1.807, 2.05) is 31.3 Å². The van der Waals surface area contributed by atoms with Crippen LogP contribution in [0.4, 0.5) is 0 Å². The molecule has 0 spiro atoms. The molecular formula is C17H27BrClN3O. The predicted molar refractivity (Wildman–Crippen MR) is 101 cm³/mol. The molecule has 130 valence electrons. The second-order valence-corrected chi connectivity index (χ2v) is 7.19. The number of nitrogens with two attached hydrogens (primary N) is 1. The second kappa shape index (κ2) is 9.62. The number of rotatable bonds is 5. The third-order valence-electron chi connectivity index (χ3n) is 4.44. The molecule has 1 fully saturated rings. The van der Waals surface area contributed by atoms with E-state index in [-0.39, 0.29) is 24.4 Å². The molecule has 1 aromatic rings. The maximum absolute atomic E-state index is 12.4. The first kappa shape index (κ1) is 20.4. The van der Waals surface area contributed by atoms with E-state index in [9.17, 15) is 4.79 Å². The Hall–Kier alpha value is -0.620. The molecule has 2 atom stereocenters. The summed E-state index contributed by atoms with van der Waals surface area (Å²) in [5.41, 5.74) is 7.14. The summed E-state index contributed by atoms with van der Waals surface area (Å²) in [4.78, 5) is 16.5. The summed E-state index contributed by atoms with van der Waals surface area (Å²) in [5, 5.41) is 0. The number of carbonyl (C=O) groups excluding carboxylic acids is 1. The fourth-order valence-electron chi connectivity index (χ4n) is 2.95. The SMILES string of the molecule is CC(N)C1CCCN(CC(=O)N(C)Cc2ccccc2Br)C1.Cl. The van der Waals surface area contributed by atoms with Crippen molar-refractivity contribution >= 4 is 34.2 Å². The summed E-state index contributed by atoms with van der Waals surface area (Å²) in [6.07, 6.45) is 2.31. The van der Waals surface area contributed by atoms with E-state index in [4.69, 9.17) is 5.73 Å². The summed E-state index contributed by atoms with van der Waals surface area (Å²) >= 11 is 3.53. The first-order valence-electron chi connectivity index (χ1n) is 7.92. The summed E-state index contributed by atoms with van der Waals surface area (Å²) in [5.74, 6) is 0.677. The number of benzene rings is 1. The van der Waals surface area contributed by atoms with Gasteiger partial charge >= 0.3 is 0 Å². The lowest BCUT2D eigenvalue weighted by molar-refractivity contribution is -0.132. The number of halogens is 2. The van der Waals surface area contributed by atoms with Gasteiger partial charge in [0, 0.05) is 30.7 Å². The smallest absolute Gasteiger partial charge is 0.236 e. The summed E-state index contributed by atoms with van der Waals surface area (Å²) in [6, 6.07) is 8.23. The minimum absolute atomic E-state index is 0. The zero-order valence-electron chi connectivity index (χ0n) is 13.9. The first-order valence-corrected chi connectivity index (χ1v) is 8.72. The van der Waals surface area contributed by atoms with E-state index in [0.29, 0.717) is 19.0 Å². The maximum Gasteiger partial charge on any atom is 0.236 e. The molecule has 0 saturated carbocycles. The number of piperidine rings is 1. The lowest BCUT2D eigenvalue weighted by Crippen LogP contribution is -2.46. The molecule has 2 rings (SSSR count). The fourth-order valence-corrected chi connectivity index (χ4v) is 3.36. The number of likely N-dealkylation sites (tertiary alicyclic amines) is 1. The van der Waals surface area contributed by atoms with E-state index < -0.39 is 0 Å². The van der Waals surface area contributed by atoms with Crippen LogP contribution in [-0.4, -0.2) is 48.4 Å². The Labute approximate surface area is 153 Å². The van der Waals surface area contributed by atoms with Gasteiger partial charge in [0.05, 0.1) is 6.54 Å². The van der Waals surface area contributed by atoms with Crippen molar-refractivity contribution in [3.8, 4) is 0 Å². The van der Waals surface area contributed by atoms with Gasteiger partial charge in [0.25, 0.3) is 0 Å². The van der Waals surface area contributed by atoms with E-state index in [0.717, 1.165) is 29.5 Å². The minimum atomic E-state index is 0. The Morgan fingerprint density at radius 3 is 2.83 bits per heavy atom. The highest BCUT2D eigenvalue weighted by molar-refractivity contribution is 9.10. The molecule has 23 heavy (non-hydrogen) atoms. The minimum Gasteiger partial charge on any atom is -0.340 e. The fraction of sp³-hybridized carbons (Fsp3) is 0.588. The van der Waals surface area contributed by atoms with Gasteiger partial charge in [0.2, 0.25) is 5.91 Å². The Balaban J connectivity index is 0.00000264. The van der Waals surface area contributed by atoms with Crippen LogP contribution in [0.3, 0.4) is 0 Å². The average molecular weight is 405 g/mol. The van der Waals surface area contributed by atoms with Crippen molar-refractivity contribution in [1.82, 2.24) is 9.80 Å². The summed E-state index contributed by atoms with van der Waals surface area (Å²) < 4.78 is 1.05. The van der Waals surface area contributed by atoms with Crippen LogP contribution in [0.2, 0.25) is 0 Å². The van der Waals surface area contributed by atoms with Gasteiger partial charge in [-0.3, -0.25) is 9.69 Å². The lowest BCUT2D eigenvalue weighted by Gasteiger charge is -2.35. The van der Waals surface area contributed by atoms with Gasteiger partial charge in [-0.1, -0.05) is 34.1 Å². The lowest BCUT2D eigenvalue weighted by atomic mass is 9.92. The van der Waals surface area contributed by atoms with Crippen molar-refractivity contribution < 1.29 is 4.79 Å². The average Bonchev–Trinajstić information content (AvgIpc) is 2.49. The van der Waals surface area contributed by atoms with Crippen LogP contribution in [0.25, 0.3) is 0 Å². The molecule has 6 heteroatoms. The molecule has 0 radical (unpaired) electrons. The maximum atomic E-state index is 12.4. The highest BCUT2D eigenvalue weighted by Gasteiger charge is 2.24. The molecule has 0 aromatic heterocycles. The third-order valence-corrected chi connectivity index (χ3v) is 5.21. The number of likely N-dealkylation sites (N-methyl/N-ethyl adjacent to an activating group) is 1. The van der Waals surface area contributed by atoms with E-state index >= 15 is 0 Å². The molecular weight excluding hydrogens is 378 g/mol. The highest BCUT2D eigenvalue weighted by Crippen LogP contribution is 2.20. The first-order chi connectivity index (χ1) is 10.5. The molecule has 2 unspecified atom stereocenters. The molecule has 1 heterocycles. The number of hydrogen-bond donors (Lipinski definition) is 1. The van der Waals surface area contributed by atoms with Crippen LogP contribution in [0, 0.1) is 5.92 Å². The Morgan fingerprint density at radius 1 is 1.48 bits per heavy atom. The number of carbonyl (C=O) groups is 1. The molecule has 4 nitrogen and oxygen atoms in total. The van der Waals surface area contributed by atoms with Gasteiger partial charge in [0.15, 0.2) is 0 Å². The van der Waals surface area contributed by atoms with Crippen LogP contribution in [0.15, 0.2) is 28.7 Å². The van der Waals surface area contributed by atoms with Gasteiger partial charge < -0.3 is 10.6 Å². The third kappa shape index (κ3) is 6.07. The van der Waals surface area contributed by atoms with Gasteiger partial charge in [-0.05, 0) is 43.9 Å². The largest absolute Gasteiger partial charge is 0.340 e. The van der Waals surface area contributed by atoms with Crippen molar-refractivity contribution in [2.45, 2.75) is 32.4 Å². The molecule has 1 aliphatic heterocycles. The summed E-state index contributed by atoms with van der Waals surface area (Å²) in [7, 11) is 1.87. The van der Waals surface area contributed by atoms with Crippen LogP contribution in [-0.2, 0) is 11.3 Å². The van der Waals surface area contributed by atoms with Crippen LogP contribution in [0.1, 0.15) is 25.3 Å². The van der Waals surface area contributed by atoms with Gasteiger partial charge in [-0.2, -0.15) is 0 Å². The highest BCUT2D eigenvalue weighted by atomic mass is 79.9. The van der Waals surface area contributed by atoms with Crippen molar-refractivity contribution in [1.29, 1.82) is 0 Å². The molecule has 2 N–H and O–H groups in total. The number of nitrogens with zero attached hydrogens (tertiary/aromatic N) is 2. The second-order valence-electron chi connectivity index (χ2n) is 6.34. The molecule has 0 aliphatic carbocycles. The van der Waals surface area contributed by atoms with Crippen molar-refractivity contribution in [3.05, 3.63) is 34.3 Å². The monoisotopic (exact) mass is 403 g/mol. The molecule has 0 bridgehead atoms. The Morgan fingerprint density at radius 2 is 2.17 bits per heavy atom. The van der Waals surface area contributed by atoms with Crippen LogP contribution < -0.4 is 5.73 Å². The van der Waals surface area contributed by atoms with E-state index in [1.165, 1.54) is 6.42 Å². The van der Waals surface area contributed by atoms with Crippen molar-refractivity contribution in [3.63, 3.8) is 0 Å². The zero-order valence-corrected chi connectivity index (χ0v) is 16.3. The van der Waals surface area contributed by atoms with Crippen molar-refractivity contribution in [2.24, 2.45) is 11.7 Å². The van der Waals surface area contributed by atoms with Crippen LogP contribution in [0.5, 0.6) is 0 Å². The number of amides is 1. The molecule has 1 aliphatic rings. The Bertz CT molecular complexity index is 512. The molecule has 1 saturated heterocycles. The number of hydrogen-bond acceptors (Lipinski definition) is 3. The van der Waals surface area contributed by atoms with E-state index in [1.54, 1.807) is 4.90 Å². The summed E-state index contributed by atoms with van der Waals surface area (Å²) in [6.45, 7) is 5.12.